The standard InChI is InChI=1S/C11H16N2O2/c1-2-9-7-10(13-15-9)11(14)12-8-5-3-4-6-8/h7-8H,2-6H2,1H3,(H,12,14). The van der Waals surface area contributed by atoms with Crippen molar-refractivity contribution >= 4 is 5.91 Å². The van der Waals surface area contributed by atoms with E-state index in [1.807, 2.05) is 6.92 Å². The van der Waals surface area contributed by atoms with Crippen molar-refractivity contribution in [3.8, 4) is 0 Å². The van der Waals surface area contributed by atoms with Crippen LogP contribution in [0.15, 0.2) is 10.6 Å². The molecule has 4 nitrogen and oxygen atoms in total. The molecule has 0 unspecified atom stereocenters. The maximum Gasteiger partial charge on any atom is 0.273 e. The van der Waals surface area contributed by atoms with Crippen molar-refractivity contribution in [1.82, 2.24) is 10.5 Å². The molecule has 1 heterocycles. The van der Waals surface area contributed by atoms with E-state index >= 15 is 0 Å². The summed E-state index contributed by atoms with van der Waals surface area (Å²) in [6.07, 6.45) is 5.37. The zero-order chi connectivity index (χ0) is 10.7. The third-order valence-electron chi connectivity index (χ3n) is 2.83. The number of nitrogens with one attached hydrogen (secondary N) is 1. The zero-order valence-corrected chi connectivity index (χ0v) is 8.95. The van der Waals surface area contributed by atoms with E-state index in [0.29, 0.717) is 11.7 Å². The van der Waals surface area contributed by atoms with Crippen molar-refractivity contribution in [1.29, 1.82) is 0 Å². The van der Waals surface area contributed by atoms with E-state index in [9.17, 15) is 4.79 Å². The Labute approximate surface area is 89.0 Å². The molecule has 1 aliphatic rings. The van der Waals surface area contributed by atoms with Crippen molar-refractivity contribution in [3.05, 3.63) is 17.5 Å². The molecule has 4 heteroatoms. The van der Waals surface area contributed by atoms with E-state index < -0.39 is 0 Å². The Balaban J connectivity index is 1.94. The second kappa shape index (κ2) is 4.47. The van der Waals surface area contributed by atoms with Crippen LogP contribution in [0.5, 0.6) is 0 Å². The van der Waals surface area contributed by atoms with Crippen LogP contribution in [0, 0.1) is 0 Å². The molecule has 1 aromatic heterocycles. The topological polar surface area (TPSA) is 55.1 Å². The first-order valence-electron chi connectivity index (χ1n) is 5.56. The molecule has 15 heavy (non-hydrogen) atoms. The third kappa shape index (κ3) is 2.37. The second-order valence-corrected chi connectivity index (χ2v) is 3.99. The lowest BCUT2D eigenvalue weighted by atomic mass is 10.2. The summed E-state index contributed by atoms with van der Waals surface area (Å²) in [6.45, 7) is 1.97. The van der Waals surface area contributed by atoms with Crippen molar-refractivity contribution in [3.63, 3.8) is 0 Å². The molecule has 2 rings (SSSR count). The molecule has 1 N–H and O–H groups in total. The lowest BCUT2D eigenvalue weighted by Crippen LogP contribution is -2.32. The Morgan fingerprint density at radius 2 is 2.33 bits per heavy atom. The number of aryl methyl sites for hydroxylation is 1. The molecule has 0 aromatic carbocycles. The van der Waals surface area contributed by atoms with Crippen LogP contribution in [-0.2, 0) is 6.42 Å². The maximum atomic E-state index is 11.7. The van der Waals surface area contributed by atoms with E-state index in [0.717, 1.165) is 25.0 Å². The number of rotatable bonds is 3. The molecule has 1 amide bonds. The largest absolute Gasteiger partial charge is 0.361 e. The highest BCUT2D eigenvalue weighted by Gasteiger charge is 2.19. The lowest BCUT2D eigenvalue weighted by molar-refractivity contribution is 0.0928. The molecule has 0 aliphatic heterocycles. The minimum Gasteiger partial charge on any atom is -0.361 e. The van der Waals surface area contributed by atoms with Crippen LogP contribution in [0.4, 0.5) is 0 Å². The van der Waals surface area contributed by atoms with Gasteiger partial charge < -0.3 is 9.84 Å². The summed E-state index contributed by atoms with van der Waals surface area (Å²) in [7, 11) is 0. The van der Waals surface area contributed by atoms with Crippen molar-refractivity contribution < 1.29 is 9.32 Å². The van der Waals surface area contributed by atoms with Crippen LogP contribution in [0.1, 0.15) is 48.9 Å². The number of aromatic nitrogens is 1. The average molecular weight is 208 g/mol. The summed E-state index contributed by atoms with van der Waals surface area (Å²) in [5, 5.41) is 6.71. The molecule has 0 bridgehead atoms. The first-order valence-corrected chi connectivity index (χ1v) is 5.56. The molecule has 0 spiro atoms. The van der Waals surface area contributed by atoms with Gasteiger partial charge in [0.25, 0.3) is 5.91 Å². The fourth-order valence-corrected chi connectivity index (χ4v) is 1.92. The van der Waals surface area contributed by atoms with Gasteiger partial charge in [0.2, 0.25) is 0 Å². The highest BCUT2D eigenvalue weighted by molar-refractivity contribution is 5.92. The zero-order valence-electron chi connectivity index (χ0n) is 8.95. The predicted molar refractivity (Wildman–Crippen MR) is 55.6 cm³/mol. The van der Waals surface area contributed by atoms with E-state index in [1.165, 1.54) is 12.8 Å². The average Bonchev–Trinajstić information content (AvgIpc) is 2.86. The molecule has 1 aromatic rings. The quantitative estimate of drug-likeness (QED) is 0.825. The summed E-state index contributed by atoms with van der Waals surface area (Å²) in [4.78, 5) is 11.7. The Kier molecular flexibility index (Phi) is 3.04. The molecule has 1 saturated carbocycles. The Bertz CT molecular complexity index is 340. The van der Waals surface area contributed by atoms with E-state index in [1.54, 1.807) is 6.07 Å². The van der Waals surface area contributed by atoms with Gasteiger partial charge in [-0.3, -0.25) is 4.79 Å². The normalized spacial score (nSPS) is 16.9. The monoisotopic (exact) mass is 208 g/mol. The summed E-state index contributed by atoms with van der Waals surface area (Å²) in [5.41, 5.74) is 0.402. The lowest BCUT2D eigenvalue weighted by Gasteiger charge is -2.09. The highest BCUT2D eigenvalue weighted by Crippen LogP contribution is 2.18. The minimum absolute atomic E-state index is 0.106. The number of hydrogen-bond donors (Lipinski definition) is 1. The molecule has 1 fully saturated rings. The maximum absolute atomic E-state index is 11.7. The molecule has 0 radical (unpaired) electrons. The molecular weight excluding hydrogens is 192 g/mol. The van der Waals surface area contributed by atoms with Crippen LogP contribution < -0.4 is 5.32 Å². The van der Waals surface area contributed by atoms with Crippen molar-refractivity contribution in [2.75, 3.05) is 0 Å². The van der Waals surface area contributed by atoms with Gasteiger partial charge in [-0.05, 0) is 12.8 Å². The Hall–Kier alpha value is -1.32. The van der Waals surface area contributed by atoms with Crippen molar-refractivity contribution in [2.45, 2.75) is 45.1 Å². The van der Waals surface area contributed by atoms with Crippen LogP contribution in [0.3, 0.4) is 0 Å². The van der Waals surface area contributed by atoms with Gasteiger partial charge in [0.1, 0.15) is 5.76 Å². The number of carbonyl (C=O) groups is 1. The second-order valence-electron chi connectivity index (χ2n) is 3.99. The van der Waals surface area contributed by atoms with Gasteiger partial charge in [0.05, 0.1) is 0 Å². The predicted octanol–water partition coefficient (Wildman–Crippen LogP) is 1.91. The number of amides is 1. The first kappa shape index (κ1) is 10.2. The molecule has 82 valence electrons. The molecule has 1 aliphatic carbocycles. The van der Waals surface area contributed by atoms with Gasteiger partial charge in [-0.1, -0.05) is 24.9 Å². The van der Waals surface area contributed by atoms with E-state index in [-0.39, 0.29) is 5.91 Å². The summed E-state index contributed by atoms with van der Waals surface area (Å²) in [5.74, 6) is 0.650. The van der Waals surface area contributed by atoms with Gasteiger partial charge in [0, 0.05) is 18.5 Å². The van der Waals surface area contributed by atoms with E-state index in [2.05, 4.69) is 10.5 Å². The number of hydrogen-bond acceptors (Lipinski definition) is 3. The number of nitrogens with zero attached hydrogens (tertiary/aromatic N) is 1. The molecule has 0 saturated heterocycles. The van der Waals surface area contributed by atoms with E-state index in [4.69, 9.17) is 4.52 Å². The van der Waals surface area contributed by atoms with Crippen LogP contribution in [0.2, 0.25) is 0 Å². The van der Waals surface area contributed by atoms with Gasteiger partial charge in [-0.2, -0.15) is 0 Å². The highest BCUT2D eigenvalue weighted by atomic mass is 16.5. The van der Waals surface area contributed by atoms with Crippen molar-refractivity contribution in [2.24, 2.45) is 0 Å². The SMILES string of the molecule is CCc1cc(C(=O)NC2CCCC2)no1. The van der Waals surface area contributed by atoms with Gasteiger partial charge in [0.15, 0.2) is 5.69 Å². The molecular formula is C11H16N2O2. The summed E-state index contributed by atoms with van der Waals surface area (Å²) in [6, 6.07) is 2.05. The van der Waals surface area contributed by atoms with Crippen LogP contribution >= 0.6 is 0 Å². The first-order chi connectivity index (χ1) is 7.29. The third-order valence-corrected chi connectivity index (χ3v) is 2.83. The van der Waals surface area contributed by atoms with Gasteiger partial charge in [-0.15, -0.1) is 0 Å². The summed E-state index contributed by atoms with van der Waals surface area (Å²) < 4.78 is 4.99. The smallest absolute Gasteiger partial charge is 0.273 e. The van der Waals surface area contributed by atoms with Gasteiger partial charge in [-0.25, -0.2) is 0 Å². The Morgan fingerprint density at radius 3 is 2.93 bits per heavy atom. The number of carbonyl (C=O) groups excluding carboxylic acids is 1. The fraction of sp³-hybridized carbons (Fsp3) is 0.636. The molecule has 0 atom stereocenters. The Morgan fingerprint density at radius 1 is 1.60 bits per heavy atom. The van der Waals surface area contributed by atoms with Crippen LogP contribution in [0.25, 0.3) is 0 Å². The van der Waals surface area contributed by atoms with Crippen LogP contribution in [-0.4, -0.2) is 17.1 Å². The van der Waals surface area contributed by atoms with Gasteiger partial charge >= 0.3 is 0 Å². The fourth-order valence-electron chi connectivity index (χ4n) is 1.92. The minimum atomic E-state index is -0.106. The summed E-state index contributed by atoms with van der Waals surface area (Å²) >= 11 is 0.